The number of urea groups is 1. The largest absolute Gasteiger partial charge is 0.339 e. The summed E-state index contributed by atoms with van der Waals surface area (Å²) in [5.74, 6) is 0.0582. The second-order valence-electron chi connectivity index (χ2n) is 6.18. The van der Waals surface area contributed by atoms with Crippen LogP contribution in [0.15, 0.2) is 30.3 Å². The van der Waals surface area contributed by atoms with Crippen LogP contribution in [0.2, 0.25) is 0 Å². The summed E-state index contributed by atoms with van der Waals surface area (Å²) in [7, 11) is 0. The number of para-hydroxylation sites is 1. The normalized spacial score (nSPS) is 21.1. The number of hydrogen-bond acceptors (Lipinski definition) is 3. The van der Waals surface area contributed by atoms with Gasteiger partial charge in [0.2, 0.25) is 11.8 Å². The van der Waals surface area contributed by atoms with E-state index in [2.05, 4.69) is 5.32 Å². The molecule has 0 bridgehead atoms. The first kappa shape index (κ1) is 16.3. The molecule has 2 fully saturated rings. The van der Waals surface area contributed by atoms with Crippen LogP contribution < -0.4 is 10.2 Å². The Bertz CT molecular complexity index is 626. The minimum atomic E-state index is -0.184. The molecule has 4 amide bonds. The summed E-state index contributed by atoms with van der Waals surface area (Å²) in [6.45, 7) is 4.19. The number of anilines is 1. The lowest BCUT2D eigenvalue weighted by atomic mass is 10.2. The predicted molar refractivity (Wildman–Crippen MR) is 89.6 cm³/mol. The fourth-order valence-corrected chi connectivity index (χ4v) is 3.15. The fraction of sp³-hybridized carbons (Fsp3) is 0.471. The van der Waals surface area contributed by atoms with Crippen molar-refractivity contribution < 1.29 is 14.4 Å². The first-order valence-corrected chi connectivity index (χ1v) is 8.21. The van der Waals surface area contributed by atoms with Gasteiger partial charge in [-0.15, -0.1) is 0 Å². The van der Waals surface area contributed by atoms with E-state index < -0.39 is 0 Å². The molecule has 0 radical (unpaired) electrons. The van der Waals surface area contributed by atoms with Crippen molar-refractivity contribution in [1.82, 2.24) is 15.1 Å². The van der Waals surface area contributed by atoms with Crippen LogP contribution in [0, 0.1) is 0 Å². The van der Waals surface area contributed by atoms with Gasteiger partial charge in [0, 0.05) is 51.8 Å². The van der Waals surface area contributed by atoms with Crippen molar-refractivity contribution in [3.05, 3.63) is 30.3 Å². The molecule has 1 N–H and O–H groups in total. The van der Waals surface area contributed by atoms with Crippen LogP contribution >= 0.6 is 0 Å². The second-order valence-corrected chi connectivity index (χ2v) is 6.18. The van der Waals surface area contributed by atoms with Crippen LogP contribution in [0.3, 0.4) is 0 Å². The Hall–Kier alpha value is -2.57. The van der Waals surface area contributed by atoms with E-state index in [-0.39, 0.29) is 23.9 Å². The molecule has 2 heterocycles. The number of piperazine rings is 1. The van der Waals surface area contributed by atoms with Crippen molar-refractivity contribution in [3.8, 4) is 0 Å². The molecule has 3 rings (SSSR count). The van der Waals surface area contributed by atoms with Gasteiger partial charge in [-0.05, 0) is 12.1 Å². The molecule has 128 valence electrons. The maximum absolute atomic E-state index is 12.4. The van der Waals surface area contributed by atoms with Crippen LogP contribution in [0.4, 0.5) is 10.5 Å². The Morgan fingerprint density at radius 3 is 2.29 bits per heavy atom. The molecule has 0 aliphatic carbocycles. The molecule has 7 nitrogen and oxygen atoms in total. The molecule has 24 heavy (non-hydrogen) atoms. The predicted octanol–water partition coefficient (Wildman–Crippen LogP) is 0.666. The van der Waals surface area contributed by atoms with Crippen molar-refractivity contribution in [1.29, 1.82) is 0 Å². The molecule has 0 unspecified atom stereocenters. The van der Waals surface area contributed by atoms with Crippen LogP contribution in [-0.2, 0) is 9.59 Å². The lowest BCUT2D eigenvalue weighted by molar-refractivity contribution is -0.130. The van der Waals surface area contributed by atoms with Gasteiger partial charge >= 0.3 is 6.03 Å². The number of benzene rings is 1. The third-order valence-electron chi connectivity index (χ3n) is 4.53. The number of carbonyl (C=O) groups excluding carboxylic acids is 3. The van der Waals surface area contributed by atoms with Crippen LogP contribution in [0.25, 0.3) is 0 Å². The number of nitrogens with zero attached hydrogens (tertiary/aromatic N) is 3. The maximum atomic E-state index is 12.4. The van der Waals surface area contributed by atoms with Gasteiger partial charge in [-0.1, -0.05) is 18.2 Å². The zero-order valence-corrected chi connectivity index (χ0v) is 13.8. The summed E-state index contributed by atoms with van der Waals surface area (Å²) in [5, 5.41) is 2.94. The van der Waals surface area contributed by atoms with E-state index in [1.807, 2.05) is 30.3 Å². The zero-order chi connectivity index (χ0) is 17.1. The Morgan fingerprint density at radius 1 is 1.04 bits per heavy atom. The number of hydrogen-bond donors (Lipinski definition) is 1. The molecule has 2 aliphatic rings. The molecule has 2 saturated heterocycles. The van der Waals surface area contributed by atoms with Crippen molar-refractivity contribution in [2.75, 3.05) is 37.6 Å². The quantitative estimate of drug-likeness (QED) is 0.866. The minimum absolute atomic E-state index is 0.0212. The van der Waals surface area contributed by atoms with E-state index in [0.29, 0.717) is 39.1 Å². The van der Waals surface area contributed by atoms with Gasteiger partial charge in [0.25, 0.3) is 0 Å². The molecule has 2 aliphatic heterocycles. The average molecular weight is 330 g/mol. The van der Waals surface area contributed by atoms with E-state index in [9.17, 15) is 14.4 Å². The summed E-state index contributed by atoms with van der Waals surface area (Å²) < 4.78 is 0. The molecular weight excluding hydrogens is 308 g/mol. The van der Waals surface area contributed by atoms with Gasteiger partial charge < -0.3 is 20.0 Å². The molecule has 7 heteroatoms. The summed E-state index contributed by atoms with van der Waals surface area (Å²) in [6.07, 6.45) is 0.314. The van der Waals surface area contributed by atoms with Crippen molar-refractivity contribution in [3.63, 3.8) is 0 Å². The third kappa shape index (κ3) is 3.50. The Morgan fingerprint density at radius 2 is 1.67 bits per heavy atom. The Kier molecular flexibility index (Phi) is 4.69. The molecule has 0 aromatic heterocycles. The first-order chi connectivity index (χ1) is 11.5. The van der Waals surface area contributed by atoms with E-state index in [0.717, 1.165) is 5.69 Å². The molecule has 0 spiro atoms. The summed E-state index contributed by atoms with van der Waals surface area (Å²) in [6, 6.07) is 9.13. The summed E-state index contributed by atoms with van der Waals surface area (Å²) >= 11 is 0. The molecule has 1 atom stereocenters. The van der Waals surface area contributed by atoms with Crippen molar-refractivity contribution in [2.45, 2.75) is 19.4 Å². The highest BCUT2D eigenvalue weighted by atomic mass is 16.2. The number of carbonyl (C=O) groups is 3. The summed E-state index contributed by atoms with van der Waals surface area (Å²) in [5.41, 5.74) is 0.856. The molecule has 1 aromatic carbocycles. The lowest BCUT2D eigenvalue weighted by Gasteiger charge is -2.34. The van der Waals surface area contributed by atoms with Gasteiger partial charge in [-0.25, -0.2) is 4.79 Å². The van der Waals surface area contributed by atoms with E-state index in [4.69, 9.17) is 0 Å². The van der Waals surface area contributed by atoms with Gasteiger partial charge in [-0.2, -0.15) is 0 Å². The van der Waals surface area contributed by atoms with Gasteiger partial charge in [0.1, 0.15) is 0 Å². The van der Waals surface area contributed by atoms with E-state index in [1.165, 1.54) is 6.92 Å². The molecule has 1 aromatic rings. The highest BCUT2D eigenvalue weighted by molar-refractivity contribution is 5.96. The summed E-state index contributed by atoms with van der Waals surface area (Å²) in [4.78, 5) is 41.0. The number of nitrogens with one attached hydrogen (secondary N) is 1. The van der Waals surface area contributed by atoms with Gasteiger partial charge in [0.15, 0.2) is 0 Å². The van der Waals surface area contributed by atoms with Gasteiger partial charge in [-0.3, -0.25) is 9.59 Å². The van der Waals surface area contributed by atoms with Crippen LogP contribution in [-0.4, -0.2) is 66.4 Å². The van der Waals surface area contributed by atoms with Crippen molar-refractivity contribution in [2.24, 2.45) is 0 Å². The molecule has 0 saturated carbocycles. The first-order valence-electron chi connectivity index (χ1n) is 8.21. The van der Waals surface area contributed by atoms with E-state index in [1.54, 1.807) is 14.7 Å². The van der Waals surface area contributed by atoms with Crippen LogP contribution in [0.1, 0.15) is 13.3 Å². The fourth-order valence-electron chi connectivity index (χ4n) is 3.15. The monoisotopic (exact) mass is 330 g/mol. The van der Waals surface area contributed by atoms with E-state index >= 15 is 0 Å². The Labute approximate surface area is 141 Å². The highest BCUT2D eigenvalue weighted by Crippen LogP contribution is 2.21. The minimum Gasteiger partial charge on any atom is -0.339 e. The van der Waals surface area contributed by atoms with Crippen LogP contribution in [0.5, 0.6) is 0 Å². The number of amides is 4. The standard InChI is InChI=1S/C17H22N4O3/c1-13(22)19-7-9-20(10-8-19)17(24)18-14-11-16(23)21(12-14)15-5-3-2-4-6-15/h2-6,14H,7-12H2,1H3,(H,18,24)/t14-/m1/s1. The van der Waals surface area contributed by atoms with Gasteiger partial charge in [0.05, 0.1) is 6.04 Å². The zero-order valence-electron chi connectivity index (χ0n) is 13.8. The highest BCUT2D eigenvalue weighted by Gasteiger charge is 2.33. The smallest absolute Gasteiger partial charge is 0.317 e. The SMILES string of the molecule is CC(=O)N1CCN(C(=O)N[C@@H]2CC(=O)N(c3ccccc3)C2)CC1. The molecular formula is C17H22N4O3. The lowest BCUT2D eigenvalue weighted by Crippen LogP contribution is -2.54. The third-order valence-corrected chi connectivity index (χ3v) is 4.53. The average Bonchev–Trinajstić information content (AvgIpc) is 2.96. The topological polar surface area (TPSA) is 73.0 Å². The second kappa shape index (κ2) is 6.90. The van der Waals surface area contributed by atoms with Crippen molar-refractivity contribution >= 4 is 23.5 Å². The maximum Gasteiger partial charge on any atom is 0.317 e. The Balaban J connectivity index is 1.53. The number of rotatable bonds is 2.